The largest absolute Gasteiger partial charge is 0.504 e. The first kappa shape index (κ1) is 34.6. The fourth-order valence-electron chi connectivity index (χ4n) is 4.72. The Hall–Kier alpha value is -6.30. The second kappa shape index (κ2) is 15.8. The number of hydrogen-bond donors (Lipinski definition) is 6. The smallest absolute Gasteiger partial charge is 0.265 e. The van der Waals surface area contributed by atoms with Crippen LogP contribution in [0.4, 0.5) is 0 Å². The van der Waals surface area contributed by atoms with Crippen LogP contribution in [0, 0.1) is 0 Å². The zero-order chi connectivity index (χ0) is 34.8. The van der Waals surface area contributed by atoms with Crippen LogP contribution in [0.15, 0.2) is 84.9 Å². The first-order valence-corrected chi connectivity index (χ1v) is 14.7. The molecule has 6 N–H and O–H groups in total. The highest BCUT2D eigenvalue weighted by Gasteiger charge is 2.24. The Morgan fingerprint density at radius 1 is 0.542 bits per heavy atom. The van der Waals surface area contributed by atoms with E-state index in [4.69, 9.17) is 9.47 Å². The Bertz CT molecular complexity index is 1700. The van der Waals surface area contributed by atoms with Gasteiger partial charge in [0.25, 0.3) is 11.8 Å². The average molecular weight is 657 g/mol. The third-order valence-corrected chi connectivity index (χ3v) is 7.35. The molecule has 0 atom stereocenters. The number of benzene rings is 4. The third kappa shape index (κ3) is 8.91. The minimum Gasteiger partial charge on any atom is -0.504 e. The summed E-state index contributed by atoms with van der Waals surface area (Å²) in [6, 6.07) is 17.6. The molecule has 12 heteroatoms. The second-order valence-corrected chi connectivity index (χ2v) is 10.6. The molecule has 0 unspecified atom stereocenters. The van der Waals surface area contributed by atoms with Crippen LogP contribution in [0.2, 0.25) is 0 Å². The summed E-state index contributed by atoms with van der Waals surface area (Å²) in [7, 11) is 2.80. The molecule has 4 rings (SSSR count). The van der Waals surface area contributed by atoms with Gasteiger partial charge in [-0.05, 0) is 95.8 Å². The van der Waals surface area contributed by atoms with E-state index in [1.54, 1.807) is 24.3 Å². The van der Waals surface area contributed by atoms with Gasteiger partial charge in [0.1, 0.15) is 0 Å². The Kier molecular flexibility index (Phi) is 11.4. The van der Waals surface area contributed by atoms with Gasteiger partial charge < -0.3 is 40.1 Å². The van der Waals surface area contributed by atoms with Gasteiger partial charge in [0.15, 0.2) is 46.0 Å². The van der Waals surface area contributed by atoms with Crippen molar-refractivity contribution in [2.24, 2.45) is 0 Å². The van der Waals surface area contributed by atoms with E-state index in [2.05, 4.69) is 0 Å². The van der Waals surface area contributed by atoms with Crippen LogP contribution in [0.3, 0.4) is 0 Å². The third-order valence-electron chi connectivity index (χ3n) is 7.35. The van der Waals surface area contributed by atoms with E-state index < -0.39 is 11.8 Å². The van der Waals surface area contributed by atoms with Crippen molar-refractivity contribution in [3.8, 4) is 46.0 Å². The SMILES string of the molecule is COc1cc(/C=C/C(=O)N(CCc2ccc(O)c(O)c2)N(CCc2ccc(O)c(O)c2)C(=O)/C=C/c2ccc(O)c(OC)c2)ccc1O. The van der Waals surface area contributed by atoms with Crippen LogP contribution >= 0.6 is 0 Å². The number of nitrogens with zero attached hydrogens (tertiary/aromatic N) is 2. The predicted molar refractivity (Wildman–Crippen MR) is 178 cm³/mol. The molecule has 250 valence electrons. The molecule has 0 aliphatic carbocycles. The molecule has 0 radical (unpaired) electrons. The lowest BCUT2D eigenvalue weighted by Gasteiger charge is -2.34. The van der Waals surface area contributed by atoms with Crippen LogP contribution in [-0.4, -0.2) is 79.8 Å². The molecular formula is C36H36N2O10. The van der Waals surface area contributed by atoms with Crippen molar-refractivity contribution < 1.29 is 49.7 Å². The summed E-state index contributed by atoms with van der Waals surface area (Å²) in [5.41, 5.74) is 2.25. The number of rotatable bonds is 12. The standard InChI is InChI=1S/C36H36N2O10/c1-47-33-21-23(5-11-29(33)41)7-13-35(45)37(17-15-25-3-9-27(39)31(43)19-25)38(18-16-26-4-10-28(40)32(44)20-26)36(46)14-8-24-6-12-30(42)34(22-24)48-2/h3-14,19-22,39-44H,15-18H2,1-2H3/b13-7+,14-8+. The summed E-state index contributed by atoms with van der Waals surface area (Å²) in [6.45, 7) is -0.0561. The van der Waals surface area contributed by atoms with E-state index in [0.29, 0.717) is 22.3 Å². The zero-order valence-corrected chi connectivity index (χ0v) is 26.3. The fraction of sp³-hybridized carbons (Fsp3) is 0.167. The highest BCUT2D eigenvalue weighted by atomic mass is 16.5. The molecule has 0 bridgehead atoms. The van der Waals surface area contributed by atoms with Crippen LogP contribution in [-0.2, 0) is 22.4 Å². The van der Waals surface area contributed by atoms with Crippen LogP contribution in [0.25, 0.3) is 12.2 Å². The van der Waals surface area contributed by atoms with Gasteiger partial charge in [0.2, 0.25) is 0 Å². The number of amides is 2. The first-order chi connectivity index (χ1) is 23.0. The molecule has 0 spiro atoms. The van der Waals surface area contributed by atoms with Crippen molar-refractivity contribution in [1.82, 2.24) is 10.0 Å². The molecule has 0 saturated heterocycles. The van der Waals surface area contributed by atoms with E-state index in [1.807, 2.05) is 0 Å². The quantitative estimate of drug-likeness (QED) is 0.0710. The van der Waals surface area contributed by atoms with Crippen LogP contribution in [0.5, 0.6) is 46.0 Å². The van der Waals surface area contributed by atoms with Gasteiger partial charge in [0, 0.05) is 25.2 Å². The summed E-state index contributed by atoms with van der Waals surface area (Å²) in [6.07, 6.45) is 5.90. The van der Waals surface area contributed by atoms with Crippen LogP contribution < -0.4 is 9.47 Å². The molecule has 0 aliphatic rings. The average Bonchev–Trinajstić information content (AvgIpc) is 3.08. The van der Waals surface area contributed by atoms with Crippen molar-refractivity contribution in [2.75, 3.05) is 27.3 Å². The number of hydrogen-bond acceptors (Lipinski definition) is 10. The normalized spacial score (nSPS) is 11.1. The van der Waals surface area contributed by atoms with Gasteiger partial charge in [-0.1, -0.05) is 24.3 Å². The molecule has 0 aliphatic heterocycles. The van der Waals surface area contributed by atoms with Crippen LogP contribution in [0.1, 0.15) is 22.3 Å². The summed E-state index contributed by atoms with van der Waals surface area (Å²) < 4.78 is 10.3. The lowest BCUT2D eigenvalue weighted by Crippen LogP contribution is -2.50. The van der Waals surface area contributed by atoms with Gasteiger partial charge in [-0.25, -0.2) is 10.0 Å². The maximum absolute atomic E-state index is 13.9. The summed E-state index contributed by atoms with van der Waals surface area (Å²) in [5.74, 6) is -2.16. The molecule has 0 fully saturated rings. The highest BCUT2D eigenvalue weighted by Crippen LogP contribution is 2.29. The van der Waals surface area contributed by atoms with Gasteiger partial charge >= 0.3 is 0 Å². The number of carbonyl (C=O) groups excluding carboxylic acids is 2. The molecule has 48 heavy (non-hydrogen) atoms. The van der Waals surface area contributed by atoms with E-state index in [-0.39, 0.29) is 71.9 Å². The molecular weight excluding hydrogens is 620 g/mol. The molecule has 0 aromatic heterocycles. The molecule has 0 saturated carbocycles. The Balaban J connectivity index is 1.70. The maximum atomic E-state index is 13.9. The van der Waals surface area contributed by atoms with Crippen molar-refractivity contribution in [2.45, 2.75) is 12.8 Å². The fourth-order valence-corrected chi connectivity index (χ4v) is 4.72. The second-order valence-electron chi connectivity index (χ2n) is 10.6. The van der Waals surface area contributed by atoms with Crippen molar-refractivity contribution in [1.29, 1.82) is 0 Å². The number of hydrazine groups is 1. The topological polar surface area (TPSA) is 180 Å². The van der Waals surface area contributed by atoms with E-state index in [1.165, 1.54) is 97.1 Å². The summed E-state index contributed by atoms with van der Waals surface area (Å²) in [4.78, 5) is 27.7. The minimum atomic E-state index is -0.577. The Labute approximate surface area is 276 Å². The summed E-state index contributed by atoms with van der Waals surface area (Å²) in [5, 5.41) is 61.9. The number of carbonyl (C=O) groups is 2. The number of phenolic OH excluding ortho intramolecular Hbond substituents is 6. The zero-order valence-electron chi connectivity index (χ0n) is 26.3. The highest BCUT2D eigenvalue weighted by molar-refractivity contribution is 5.96. The van der Waals surface area contributed by atoms with Crippen molar-refractivity contribution >= 4 is 24.0 Å². The number of aromatic hydroxyl groups is 6. The minimum absolute atomic E-state index is 0.0280. The monoisotopic (exact) mass is 656 g/mol. The van der Waals surface area contributed by atoms with E-state index >= 15 is 0 Å². The molecule has 0 heterocycles. The molecule has 2 amide bonds. The van der Waals surface area contributed by atoms with Gasteiger partial charge in [0.05, 0.1) is 14.2 Å². The Morgan fingerprint density at radius 3 is 1.27 bits per heavy atom. The number of phenols is 6. The van der Waals surface area contributed by atoms with E-state index in [9.17, 15) is 40.2 Å². The van der Waals surface area contributed by atoms with Gasteiger partial charge in [-0.2, -0.15) is 0 Å². The van der Waals surface area contributed by atoms with Crippen molar-refractivity contribution in [3.05, 3.63) is 107 Å². The van der Waals surface area contributed by atoms with Gasteiger partial charge in [-0.3, -0.25) is 9.59 Å². The predicted octanol–water partition coefficient (Wildman–Crippen LogP) is 4.72. The first-order valence-electron chi connectivity index (χ1n) is 14.7. The van der Waals surface area contributed by atoms with E-state index in [0.717, 1.165) is 0 Å². The lowest BCUT2D eigenvalue weighted by atomic mass is 10.1. The number of methoxy groups -OCH3 is 2. The number of ether oxygens (including phenoxy) is 2. The lowest BCUT2D eigenvalue weighted by molar-refractivity contribution is -0.157. The molecule has 4 aromatic rings. The Morgan fingerprint density at radius 2 is 0.917 bits per heavy atom. The van der Waals surface area contributed by atoms with Gasteiger partial charge in [-0.15, -0.1) is 0 Å². The summed E-state index contributed by atoms with van der Waals surface area (Å²) >= 11 is 0. The maximum Gasteiger partial charge on any atom is 0.265 e. The molecule has 12 nitrogen and oxygen atoms in total. The van der Waals surface area contributed by atoms with Crippen molar-refractivity contribution in [3.63, 3.8) is 0 Å². The molecule has 4 aromatic carbocycles.